The van der Waals surface area contributed by atoms with E-state index in [2.05, 4.69) is 31.9 Å². The van der Waals surface area contributed by atoms with Crippen LogP contribution in [0, 0.1) is 0 Å². The number of hydrogen-bond donors (Lipinski definition) is 1. The normalized spacial score (nSPS) is 13.9. The number of likely N-dealkylation sites (N-methyl/N-ethyl adjacent to an activating group) is 1. The molecule has 1 aromatic heterocycles. The molecule has 0 saturated carbocycles. The van der Waals surface area contributed by atoms with Gasteiger partial charge in [0.1, 0.15) is 0 Å². The van der Waals surface area contributed by atoms with Gasteiger partial charge in [0, 0.05) is 17.5 Å². The van der Waals surface area contributed by atoms with E-state index < -0.39 is 0 Å². The first kappa shape index (κ1) is 12.0. The van der Waals surface area contributed by atoms with Gasteiger partial charge in [0.05, 0.1) is 10.4 Å². The second kappa shape index (κ2) is 5.12. The zero-order valence-corrected chi connectivity index (χ0v) is 10.4. The highest BCUT2D eigenvalue weighted by atomic mass is 35.5. The van der Waals surface area contributed by atoms with E-state index in [4.69, 9.17) is 17.3 Å². The lowest BCUT2D eigenvalue weighted by molar-refractivity contribution is 0.204. The summed E-state index contributed by atoms with van der Waals surface area (Å²) in [4.78, 5) is 3.51. The molecule has 0 bridgehead atoms. The highest BCUT2D eigenvalue weighted by molar-refractivity contribution is 7.16. The Hall–Kier alpha value is -0.0900. The fourth-order valence-corrected chi connectivity index (χ4v) is 2.58. The molecule has 0 saturated heterocycles. The van der Waals surface area contributed by atoms with Gasteiger partial charge in [0.2, 0.25) is 0 Å². The molecular weight excluding hydrogens is 216 g/mol. The van der Waals surface area contributed by atoms with Gasteiger partial charge in [-0.3, -0.25) is 4.90 Å². The molecule has 0 aliphatic rings. The summed E-state index contributed by atoms with van der Waals surface area (Å²) in [6, 6.07) is 4.76. The Kier molecular flexibility index (Phi) is 4.38. The van der Waals surface area contributed by atoms with Crippen LogP contribution in [0.4, 0.5) is 0 Å². The lowest BCUT2D eigenvalue weighted by Gasteiger charge is -2.29. The molecule has 2 N–H and O–H groups in total. The van der Waals surface area contributed by atoms with Gasteiger partial charge in [0.15, 0.2) is 0 Å². The number of halogens is 1. The van der Waals surface area contributed by atoms with E-state index >= 15 is 0 Å². The lowest BCUT2D eigenvalue weighted by Crippen LogP contribution is -2.34. The molecule has 0 aromatic carbocycles. The van der Waals surface area contributed by atoms with Crippen molar-refractivity contribution in [3.05, 3.63) is 21.3 Å². The number of thiophene rings is 1. The zero-order chi connectivity index (χ0) is 10.7. The molecule has 0 aliphatic carbocycles. The maximum absolute atomic E-state index is 5.90. The molecule has 1 atom stereocenters. The van der Waals surface area contributed by atoms with Crippen molar-refractivity contribution in [3.63, 3.8) is 0 Å². The minimum absolute atomic E-state index is 0.285. The van der Waals surface area contributed by atoms with Crippen LogP contribution in [0.25, 0.3) is 0 Å². The molecule has 80 valence electrons. The SMILES string of the molecule is CC(C)N(C)C(CN)c1ccc(Cl)s1. The summed E-state index contributed by atoms with van der Waals surface area (Å²) in [5.74, 6) is 0. The summed E-state index contributed by atoms with van der Waals surface area (Å²) < 4.78 is 0.829. The summed E-state index contributed by atoms with van der Waals surface area (Å²) in [7, 11) is 2.09. The van der Waals surface area contributed by atoms with Gasteiger partial charge in [-0.25, -0.2) is 0 Å². The van der Waals surface area contributed by atoms with Crippen LogP contribution in [-0.2, 0) is 0 Å². The number of hydrogen-bond acceptors (Lipinski definition) is 3. The minimum atomic E-state index is 0.285. The zero-order valence-electron chi connectivity index (χ0n) is 8.83. The molecule has 2 nitrogen and oxygen atoms in total. The largest absolute Gasteiger partial charge is 0.329 e. The molecule has 0 aliphatic heterocycles. The highest BCUT2D eigenvalue weighted by Crippen LogP contribution is 2.30. The molecule has 1 aromatic rings. The first-order valence-corrected chi connectivity index (χ1v) is 5.93. The van der Waals surface area contributed by atoms with E-state index in [0.29, 0.717) is 12.6 Å². The molecule has 0 radical (unpaired) electrons. The molecule has 0 amide bonds. The van der Waals surface area contributed by atoms with E-state index in [1.54, 1.807) is 11.3 Å². The molecule has 14 heavy (non-hydrogen) atoms. The minimum Gasteiger partial charge on any atom is -0.329 e. The topological polar surface area (TPSA) is 29.3 Å². The van der Waals surface area contributed by atoms with Gasteiger partial charge >= 0.3 is 0 Å². The van der Waals surface area contributed by atoms with Gasteiger partial charge in [-0.15, -0.1) is 11.3 Å². The third-order valence-corrected chi connectivity index (χ3v) is 3.78. The maximum atomic E-state index is 5.90. The molecule has 1 unspecified atom stereocenters. The Labute approximate surface area is 94.7 Å². The predicted octanol–water partition coefficient (Wildman–Crippen LogP) is 2.74. The maximum Gasteiger partial charge on any atom is 0.0931 e. The van der Waals surface area contributed by atoms with Gasteiger partial charge in [-0.1, -0.05) is 11.6 Å². The molecule has 0 fully saturated rings. The summed E-state index contributed by atoms with van der Waals surface area (Å²) in [5.41, 5.74) is 5.77. The first-order chi connectivity index (χ1) is 6.56. The van der Waals surface area contributed by atoms with E-state index in [9.17, 15) is 0 Å². The Bertz CT molecular complexity index is 285. The van der Waals surface area contributed by atoms with Crippen LogP contribution < -0.4 is 5.73 Å². The van der Waals surface area contributed by atoms with E-state index in [0.717, 1.165) is 4.34 Å². The summed E-state index contributed by atoms with van der Waals surface area (Å²) in [6.45, 7) is 4.96. The standard InChI is InChI=1S/C10H17ClN2S/c1-7(2)13(3)8(6-12)9-4-5-10(11)14-9/h4-5,7-8H,6,12H2,1-3H3. The van der Waals surface area contributed by atoms with Crippen molar-refractivity contribution < 1.29 is 0 Å². The van der Waals surface area contributed by atoms with Crippen LogP contribution in [0.15, 0.2) is 12.1 Å². The summed E-state index contributed by atoms with van der Waals surface area (Å²) in [5, 5.41) is 0. The smallest absolute Gasteiger partial charge is 0.0931 e. The van der Waals surface area contributed by atoms with E-state index in [1.807, 2.05) is 6.07 Å². The average Bonchev–Trinajstić information content (AvgIpc) is 2.53. The lowest BCUT2D eigenvalue weighted by atomic mass is 10.2. The van der Waals surface area contributed by atoms with Gasteiger partial charge < -0.3 is 5.73 Å². The van der Waals surface area contributed by atoms with Crippen LogP contribution in [0.2, 0.25) is 4.34 Å². The van der Waals surface area contributed by atoms with Crippen LogP contribution in [0.3, 0.4) is 0 Å². The van der Waals surface area contributed by atoms with E-state index in [1.165, 1.54) is 4.88 Å². The van der Waals surface area contributed by atoms with Crippen molar-refractivity contribution in [2.24, 2.45) is 5.73 Å². The van der Waals surface area contributed by atoms with Crippen LogP contribution >= 0.6 is 22.9 Å². The number of rotatable bonds is 4. The van der Waals surface area contributed by atoms with Gasteiger partial charge in [0.25, 0.3) is 0 Å². The third kappa shape index (κ3) is 2.70. The molecule has 1 rings (SSSR count). The summed E-state index contributed by atoms with van der Waals surface area (Å²) in [6.07, 6.45) is 0. The van der Waals surface area contributed by atoms with Crippen LogP contribution in [0.1, 0.15) is 24.8 Å². The van der Waals surface area contributed by atoms with Gasteiger partial charge in [-0.05, 0) is 33.0 Å². The molecule has 0 spiro atoms. The highest BCUT2D eigenvalue weighted by Gasteiger charge is 2.19. The van der Waals surface area contributed by atoms with Gasteiger partial charge in [-0.2, -0.15) is 0 Å². The quantitative estimate of drug-likeness (QED) is 0.865. The Balaban J connectivity index is 2.81. The Morgan fingerprint density at radius 1 is 1.50 bits per heavy atom. The van der Waals surface area contributed by atoms with Crippen molar-refractivity contribution in [3.8, 4) is 0 Å². The second-order valence-electron chi connectivity index (χ2n) is 3.65. The Morgan fingerprint density at radius 2 is 2.14 bits per heavy atom. The van der Waals surface area contributed by atoms with Crippen molar-refractivity contribution in [2.45, 2.75) is 25.9 Å². The average molecular weight is 233 g/mol. The molecule has 1 heterocycles. The third-order valence-electron chi connectivity index (χ3n) is 2.45. The fraction of sp³-hybridized carbons (Fsp3) is 0.600. The Morgan fingerprint density at radius 3 is 2.50 bits per heavy atom. The van der Waals surface area contributed by atoms with Crippen LogP contribution in [-0.4, -0.2) is 24.5 Å². The van der Waals surface area contributed by atoms with Crippen molar-refractivity contribution in [1.82, 2.24) is 4.90 Å². The van der Waals surface area contributed by atoms with E-state index in [-0.39, 0.29) is 6.04 Å². The number of nitrogens with zero attached hydrogens (tertiary/aromatic N) is 1. The monoisotopic (exact) mass is 232 g/mol. The predicted molar refractivity (Wildman–Crippen MR) is 64.0 cm³/mol. The second-order valence-corrected chi connectivity index (χ2v) is 5.40. The van der Waals surface area contributed by atoms with Crippen molar-refractivity contribution in [1.29, 1.82) is 0 Å². The number of nitrogens with two attached hydrogens (primary N) is 1. The molecule has 4 heteroatoms. The van der Waals surface area contributed by atoms with Crippen molar-refractivity contribution >= 4 is 22.9 Å². The fourth-order valence-electron chi connectivity index (χ4n) is 1.35. The van der Waals surface area contributed by atoms with Crippen molar-refractivity contribution in [2.75, 3.05) is 13.6 Å². The summed E-state index contributed by atoms with van der Waals surface area (Å²) >= 11 is 7.51. The van der Waals surface area contributed by atoms with Crippen LogP contribution in [0.5, 0.6) is 0 Å². The molecular formula is C10H17ClN2S. The first-order valence-electron chi connectivity index (χ1n) is 4.73.